The number of carbonyl (C=O) groups excluding carboxylic acids is 2. The Morgan fingerprint density at radius 3 is 2.77 bits per heavy atom. The van der Waals surface area contributed by atoms with E-state index < -0.39 is 0 Å². The quantitative estimate of drug-likeness (QED) is 0.862. The number of rotatable bonds is 2. The average Bonchev–Trinajstić information content (AvgIpc) is 2.79. The number of likely N-dealkylation sites (N-methyl/N-ethyl adjacent to an activating group) is 1. The molecule has 1 N–H and O–H groups in total. The number of hydrogen-bond donors (Lipinski definition) is 1. The molecule has 0 saturated carbocycles. The van der Waals surface area contributed by atoms with Gasteiger partial charge in [-0.3, -0.25) is 14.5 Å². The van der Waals surface area contributed by atoms with E-state index >= 15 is 0 Å². The third-order valence-electron chi connectivity index (χ3n) is 5.76. The highest BCUT2D eigenvalue weighted by Crippen LogP contribution is 2.31. The van der Waals surface area contributed by atoms with Crippen LogP contribution >= 0.6 is 0 Å². The molecule has 2 aliphatic rings. The monoisotopic (exact) mass is 359 g/mol. The molecule has 7 heteroatoms. The number of aryl methyl sites for hydroxylation is 1. The first-order valence-corrected chi connectivity index (χ1v) is 9.43. The SMILES string of the molecule is Cc1nc(C(C)C)ncc1C(=O)N1CCN(C)[C@@]2(CCNC(=O)CC2)C1. The van der Waals surface area contributed by atoms with Gasteiger partial charge in [0.05, 0.1) is 11.3 Å². The fraction of sp³-hybridized carbons (Fsp3) is 0.684. The van der Waals surface area contributed by atoms with Crippen molar-refractivity contribution in [2.75, 3.05) is 33.2 Å². The first-order chi connectivity index (χ1) is 12.3. The van der Waals surface area contributed by atoms with Crippen LogP contribution in [0.4, 0.5) is 0 Å². The highest BCUT2D eigenvalue weighted by atomic mass is 16.2. The summed E-state index contributed by atoms with van der Waals surface area (Å²) in [6, 6.07) is 0. The molecule has 142 valence electrons. The molecule has 0 aromatic carbocycles. The smallest absolute Gasteiger partial charge is 0.257 e. The Morgan fingerprint density at radius 1 is 1.31 bits per heavy atom. The Balaban J connectivity index is 1.81. The molecular weight excluding hydrogens is 330 g/mol. The average molecular weight is 359 g/mol. The zero-order valence-corrected chi connectivity index (χ0v) is 16.2. The highest BCUT2D eigenvalue weighted by Gasteiger charge is 2.42. The number of carbonyl (C=O) groups is 2. The Labute approximate surface area is 155 Å². The van der Waals surface area contributed by atoms with Gasteiger partial charge in [0.2, 0.25) is 5.91 Å². The zero-order chi connectivity index (χ0) is 18.9. The molecule has 3 rings (SSSR count). The summed E-state index contributed by atoms with van der Waals surface area (Å²) in [7, 11) is 2.10. The molecule has 1 aromatic heterocycles. The van der Waals surface area contributed by atoms with Gasteiger partial charge < -0.3 is 10.2 Å². The van der Waals surface area contributed by atoms with E-state index in [1.54, 1.807) is 6.20 Å². The van der Waals surface area contributed by atoms with Crippen LogP contribution in [0.25, 0.3) is 0 Å². The van der Waals surface area contributed by atoms with E-state index in [0.29, 0.717) is 31.6 Å². The molecular formula is C19H29N5O2. The molecule has 0 unspecified atom stereocenters. The van der Waals surface area contributed by atoms with Crippen LogP contribution < -0.4 is 5.32 Å². The van der Waals surface area contributed by atoms with Crippen LogP contribution in [0, 0.1) is 6.92 Å². The predicted octanol–water partition coefficient (Wildman–Crippen LogP) is 1.33. The molecule has 1 aromatic rings. The first kappa shape index (κ1) is 18.8. The van der Waals surface area contributed by atoms with Gasteiger partial charge in [-0.1, -0.05) is 13.8 Å². The third kappa shape index (κ3) is 3.58. The molecule has 1 spiro atoms. The molecule has 2 aliphatic heterocycles. The molecule has 2 saturated heterocycles. The summed E-state index contributed by atoms with van der Waals surface area (Å²) in [6.45, 7) is 8.76. The van der Waals surface area contributed by atoms with Crippen LogP contribution in [0.2, 0.25) is 0 Å². The molecule has 26 heavy (non-hydrogen) atoms. The standard InChI is InChI=1S/C19H29N5O2/c1-13(2)17-21-11-15(14(3)22-17)18(26)24-10-9-23(4)19(12-24)6-5-16(25)20-8-7-19/h11,13H,5-10,12H2,1-4H3,(H,20,25)/t19-/m0/s1. The van der Waals surface area contributed by atoms with Crippen molar-refractivity contribution in [2.45, 2.75) is 51.5 Å². The van der Waals surface area contributed by atoms with E-state index in [2.05, 4.69) is 27.2 Å². The van der Waals surface area contributed by atoms with Crippen LogP contribution in [-0.2, 0) is 4.79 Å². The van der Waals surface area contributed by atoms with E-state index in [0.717, 1.165) is 30.9 Å². The van der Waals surface area contributed by atoms with Gasteiger partial charge in [0.25, 0.3) is 5.91 Å². The van der Waals surface area contributed by atoms with Gasteiger partial charge in [0.1, 0.15) is 5.82 Å². The van der Waals surface area contributed by atoms with Gasteiger partial charge in [0.15, 0.2) is 0 Å². The lowest BCUT2D eigenvalue weighted by Gasteiger charge is -2.49. The Hall–Kier alpha value is -2.02. The second-order valence-corrected chi connectivity index (χ2v) is 7.85. The van der Waals surface area contributed by atoms with Crippen molar-refractivity contribution in [1.29, 1.82) is 0 Å². The summed E-state index contributed by atoms with van der Waals surface area (Å²) < 4.78 is 0. The van der Waals surface area contributed by atoms with Crippen LogP contribution in [-0.4, -0.2) is 70.3 Å². The van der Waals surface area contributed by atoms with Gasteiger partial charge in [-0.15, -0.1) is 0 Å². The van der Waals surface area contributed by atoms with Crippen molar-refractivity contribution in [3.8, 4) is 0 Å². The van der Waals surface area contributed by atoms with E-state index in [-0.39, 0.29) is 23.3 Å². The van der Waals surface area contributed by atoms with Gasteiger partial charge in [-0.05, 0) is 26.8 Å². The topological polar surface area (TPSA) is 78.4 Å². The fourth-order valence-electron chi connectivity index (χ4n) is 3.91. The zero-order valence-electron chi connectivity index (χ0n) is 16.2. The molecule has 3 heterocycles. The lowest BCUT2D eigenvalue weighted by Crippen LogP contribution is -2.62. The van der Waals surface area contributed by atoms with E-state index in [9.17, 15) is 9.59 Å². The Kier molecular flexibility index (Phi) is 5.27. The number of hydrogen-bond acceptors (Lipinski definition) is 5. The van der Waals surface area contributed by atoms with Crippen LogP contribution in [0.5, 0.6) is 0 Å². The number of piperazine rings is 1. The van der Waals surface area contributed by atoms with Crippen molar-refractivity contribution in [3.63, 3.8) is 0 Å². The highest BCUT2D eigenvalue weighted by molar-refractivity contribution is 5.95. The lowest BCUT2D eigenvalue weighted by molar-refractivity contribution is -0.121. The second-order valence-electron chi connectivity index (χ2n) is 7.85. The predicted molar refractivity (Wildman–Crippen MR) is 99.0 cm³/mol. The number of amides is 2. The van der Waals surface area contributed by atoms with Crippen LogP contribution in [0.15, 0.2) is 6.20 Å². The number of aromatic nitrogens is 2. The molecule has 7 nitrogen and oxygen atoms in total. The molecule has 0 bridgehead atoms. The van der Waals surface area contributed by atoms with Crippen molar-refractivity contribution in [2.24, 2.45) is 0 Å². The lowest BCUT2D eigenvalue weighted by atomic mass is 9.86. The van der Waals surface area contributed by atoms with Crippen molar-refractivity contribution < 1.29 is 9.59 Å². The van der Waals surface area contributed by atoms with Crippen LogP contribution in [0.3, 0.4) is 0 Å². The summed E-state index contributed by atoms with van der Waals surface area (Å²) in [5, 5.41) is 2.95. The van der Waals surface area contributed by atoms with Gasteiger partial charge >= 0.3 is 0 Å². The molecule has 0 aliphatic carbocycles. The molecule has 2 fully saturated rings. The van der Waals surface area contributed by atoms with Crippen molar-refractivity contribution in [3.05, 3.63) is 23.3 Å². The molecule has 2 amide bonds. The van der Waals surface area contributed by atoms with Crippen molar-refractivity contribution in [1.82, 2.24) is 25.1 Å². The van der Waals surface area contributed by atoms with Gasteiger partial charge in [-0.25, -0.2) is 9.97 Å². The Morgan fingerprint density at radius 2 is 2.08 bits per heavy atom. The summed E-state index contributed by atoms with van der Waals surface area (Å²) in [5.74, 6) is 1.10. The van der Waals surface area contributed by atoms with E-state index in [1.807, 2.05) is 25.7 Å². The summed E-state index contributed by atoms with van der Waals surface area (Å²) in [6.07, 6.45) is 3.82. The van der Waals surface area contributed by atoms with Gasteiger partial charge in [-0.2, -0.15) is 0 Å². The summed E-state index contributed by atoms with van der Waals surface area (Å²) >= 11 is 0. The first-order valence-electron chi connectivity index (χ1n) is 9.43. The number of nitrogens with zero attached hydrogens (tertiary/aromatic N) is 4. The van der Waals surface area contributed by atoms with Crippen LogP contribution in [0.1, 0.15) is 60.9 Å². The fourth-order valence-corrected chi connectivity index (χ4v) is 3.91. The summed E-state index contributed by atoms with van der Waals surface area (Å²) in [4.78, 5) is 38.0. The largest absolute Gasteiger partial charge is 0.356 e. The van der Waals surface area contributed by atoms with Crippen molar-refractivity contribution >= 4 is 11.8 Å². The minimum absolute atomic E-state index is 0.00573. The Bertz CT molecular complexity index is 705. The maximum absolute atomic E-state index is 13.1. The van der Waals surface area contributed by atoms with E-state index in [1.165, 1.54) is 0 Å². The second kappa shape index (κ2) is 7.31. The number of nitrogens with one attached hydrogen (secondary N) is 1. The molecule has 0 radical (unpaired) electrons. The normalized spacial score (nSPS) is 24.7. The molecule has 1 atom stereocenters. The minimum atomic E-state index is -0.139. The third-order valence-corrected chi connectivity index (χ3v) is 5.76. The minimum Gasteiger partial charge on any atom is -0.356 e. The maximum Gasteiger partial charge on any atom is 0.257 e. The summed E-state index contributed by atoms with van der Waals surface area (Å²) in [5.41, 5.74) is 1.18. The van der Waals surface area contributed by atoms with E-state index in [4.69, 9.17) is 0 Å². The van der Waals surface area contributed by atoms with Gasteiger partial charge in [0, 0.05) is 50.3 Å². The maximum atomic E-state index is 13.1.